The molecule has 0 fully saturated rings. The molecule has 1 aromatic rings. The van der Waals surface area contributed by atoms with Gasteiger partial charge in [0.1, 0.15) is 4.60 Å². The Morgan fingerprint density at radius 3 is 3.08 bits per heavy atom. The van der Waals surface area contributed by atoms with E-state index in [4.69, 9.17) is 5.11 Å². The van der Waals surface area contributed by atoms with Crippen molar-refractivity contribution in [1.29, 1.82) is 0 Å². The maximum absolute atomic E-state index is 10.4. The van der Waals surface area contributed by atoms with Crippen molar-refractivity contribution in [2.45, 2.75) is 22.9 Å². The summed E-state index contributed by atoms with van der Waals surface area (Å²) in [6.07, 6.45) is 0.169. The van der Waals surface area contributed by atoms with Crippen molar-refractivity contribution >= 4 is 45.0 Å². The van der Waals surface area contributed by atoms with E-state index in [2.05, 4.69) is 20.9 Å². The van der Waals surface area contributed by atoms with Crippen molar-refractivity contribution in [2.75, 3.05) is 0 Å². The lowest BCUT2D eigenvalue weighted by Gasteiger charge is -2.03. The van der Waals surface area contributed by atoms with Crippen LogP contribution in [0.1, 0.15) is 13.3 Å². The number of carbonyl (C=O) groups is 1. The SMILES string of the molecule is CC(CC(=O)O)Sc1nc(Br)cs1. The lowest BCUT2D eigenvalue weighted by atomic mass is 10.3. The molecule has 13 heavy (non-hydrogen) atoms. The third-order valence-corrected chi connectivity index (χ3v) is 4.00. The van der Waals surface area contributed by atoms with Gasteiger partial charge >= 0.3 is 5.97 Å². The Bertz CT molecular complexity index is 302. The number of hydrogen-bond acceptors (Lipinski definition) is 4. The van der Waals surface area contributed by atoms with Crippen LogP contribution in [0.3, 0.4) is 0 Å². The lowest BCUT2D eigenvalue weighted by Crippen LogP contribution is -2.05. The van der Waals surface area contributed by atoms with Crippen molar-refractivity contribution in [3.8, 4) is 0 Å². The maximum Gasteiger partial charge on any atom is 0.304 e. The highest BCUT2D eigenvalue weighted by Crippen LogP contribution is 2.29. The summed E-state index contributed by atoms with van der Waals surface area (Å²) in [6.45, 7) is 1.88. The van der Waals surface area contributed by atoms with E-state index in [9.17, 15) is 4.79 Å². The first-order chi connectivity index (χ1) is 6.08. The quantitative estimate of drug-likeness (QED) is 0.863. The highest BCUT2D eigenvalue weighted by molar-refractivity contribution is 9.10. The summed E-state index contributed by atoms with van der Waals surface area (Å²) >= 11 is 6.25. The number of nitrogens with zero attached hydrogens (tertiary/aromatic N) is 1. The zero-order valence-corrected chi connectivity index (χ0v) is 10.1. The van der Waals surface area contributed by atoms with Gasteiger partial charge in [-0.25, -0.2) is 4.98 Å². The van der Waals surface area contributed by atoms with Crippen LogP contribution in [0, 0.1) is 0 Å². The summed E-state index contributed by atoms with van der Waals surface area (Å²) < 4.78 is 1.71. The van der Waals surface area contributed by atoms with Crippen LogP contribution in [-0.4, -0.2) is 21.3 Å². The van der Waals surface area contributed by atoms with E-state index in [0.717, 1.165) is 8.94 Å². The predicted molar refractivity (Wildman–Crippen MR) is 57.4 cm³/mol. The number of carboxylic acid groups (broad SMARTS) is 1. The number of hydrogen-bond donors (Lipinski definition) is 1. The normalized spacial score (nSPS) is 12.8. The first-order valence-corrected chi connectivity index (χ1v) is 6.12. The molecule has 1 unspecified atom stereocenters. The Kier molecular flexibility index (Phi) is 4.21. The van der Waals surface area contributed by atoms with E-state index in [1.165, 1.54) is 23.1 Å². The van der Waals surface area contributed by atoms with Crippen LogP contribution in [0.5, 0.6) is 0 Å². The van der Waals surface area contributed by atoms with Crippen molar-refractivity contribution in [3.63, 3.8) is 0 Å². The number of rotatable bonds is 4. The summed E-state index contributed by atoms with van der Waals surface area (Å²) in [5.74, 6) is -0.768. The van der Waals surface area contributed by atoms with E-state index < -0.39 is 5.97 Å². The monoisotopic (exact) mass is 281 g/mol. The molecule has 0 aromatic carbocycles. The average molecular weight is 282 g/mol. The van der Waals surface area contributed by atoms with Gasteiger partial charge in [0.15, 0.2) is 4.34 Å². The molecule has 1 heterocycles. The number of halogens is 1. The average Bonchev–Trinajstić information content (AvgIpc) is 2.33. The van der Waals surface area contributed by atoms with Gasteiger partial charge in [0, 0.05) is 10.6 Å². The van der Waals surface area contributed by atoms with Gasteiger partial charge < -0.3 is 5.11 Å². The molecule has 0 radical (unpaired) electrons. The van der Waals surface area contributed by atoms with E-state index in [0.29, 0.717) is 0 Å². The Morgan fingerprint density at radius 2 is 2.62 bits per heavy atom. The summed E-state index contributed by atoms with van der Waals surface area (Å²) in [6, 6.07) is 0. The van der Waals surface area contributed by atoms with Crippen LogP contribution >= 0.6 is 39.0 Å². The number of aliphatic carboxylic acids is 1. The third kappa shape index (κ3) is 4.10. The van der Waals surface area contributed by atoms with Crippen molar-refractivity contribution in [2.24, 2.45) is 0 Å². The van der Waals surface area contributed by atoms with Crippen LogP contribution in [0.25, 0.3) is 0 Å². The molecule has 0 saturated heterocycles. The molecule has 0 amide bonds. The molecule has 1 atom stereocenters. The summed E-state index contributed by atoms with van der Waals surface area (Å²) in [5.41, 5.74) is 0. The standard InChI is InChI=1S/C7H8BrNO2S2/c1-4(2-6(10)11)13-7-9-5(8)3-12-7/h3-4H,2H2,1H3,(H,10,11). The first-order valence-electron chi connectivity index (χ1n) is 3.57. The fourth-order valence-electron chi connectivity index (χ4n) is 0.753. The molecule has 6 heteroatoms. The number of carboxylic acids is 1. The zero-order chi connectivity index (χ0) is 9.84. The van der Waals surface area contributed by atoms with Crippen LogP contribution in [-0.2, 0) is 4.79 Å². The smallest absolute Gasteiger partial charge is 0.304 e. The minimum atomic E-state index is -0.768. The van der Waals surface area contributed by atoms with E-state index >= 15 is 0 Å². The van der Waals surface area contributed by atoms with Crippen molar-refractivity contribution in [1.82, 2.24) is 4.98 Å². The second-order valence-corrected chi connectivity index (χ2v) is 5.82. The highest BCUT2D eigenvalue weighted by atomic mass is 79.9. The lowest BCUT2D eigenvalue weighted by molar-refractivity contribution is -0.136. The van der Waals surface area contributed by atoms with Gasteiger partial charge in [-0.3, -0.25) is 4.79 Å². The molecular formula is C7H8BrNO2S2. The fraction of sp³-hybridized carbons (Fsp3) is 0.429. The molecule has 1 rings (SSSR count). The number of aromatic nitrogens is 1. The van der Waals surface area contributed by atoms with Gasteiger partial charge in [-0.2, -0.15) is 0 Å². The Balaban J connectivity index is 2.44. The van der Waals surface area contributed by atoms with Gasteiger partial charge in [0.2, 0.25) is 0 Å². The van der Waals surface area contributed by atoms with Crippen LogP contribution in [0.4, 0.5) is 0 Å². The third-order valence-electron chi connectivity index (χ3n) is 1.22. The van der Waals surface area contributed by atoms with Crippen LogP contribution in [0.2, 0.25) is 0 Å². The molecule has 0 bridgehead atoms. The maximum atomic E-state index is 10.4. The number of thiazole rings is 1. The molecule has 0 aliphatic carbocycles. The summed E-state index contributed by atoms with van der Waals surface area (Å²) in [5, 5.41) is 10.5. The van der Waals surface area contributed by atoms with Crippen LogP contribution < -0.4 is 0 Å². The minimum Gasteiger partial charge on any atom is -0.481 e. The summed E-state index contributed by atoms with van der Waals surface area (Å²) in [4.78, 5) is 14.5. The second-order valence-electron chi connectivity index (χ2n) is 2.46. The topological polar surface area (TPSA) is 50.2 Å². The Hall–Kier alpha value is -0.0700. The van der Waals surface area contributed by atoms with Gasteiger partial charge in [-0.05, 0) is 15.9 Å². The first kappa shape index (κ1) is 11.0. The van der Waals surface area contributed by atoms with Crippen molar-refractivity contribution < 1.29 is 9.90 Å². The Labute approximate surface area is 92.7 Å². The molecule has 0 aliphatic rings. The van der Waals surface area contributed by atoms with E-state index in [1.54, 1.807) is 0 Å². The molecule has 0 aliphatic heterocycles. The van der Waals surface area contributed by atoms with Crippen molar-refractivity contribution in [3.05, 3.63) is 9.98 Å². The molecule has 0 spiro atoms. The molecule has 1 aromatic heterocycles. The van der Waals surface area contributed by atoms with Gasteiger partial charge in [-0.15, -0.1) is 11.3 Å². The molecule has 0 saturated carbocycles. The molecular weight excluding hydrogens is 274 g/mol. The van der Waals surface area contributed by atoms with Gasteiger partial charge in [-0.1, -0.05) is 18.7 Å². The largest absolute Gasteiger partial charge is 0.481 e. The number of thioether (sulfide) groups is 1. The predicted octanol–water partition coefficient (Wildman–Crippen LogP) is 2.86. The van der Waals surface area contributed by atoms with E-state index in [-0.39, 0.29) is 11.7 Å². The highest BCUT2D eigenvalue weighted by Gasteiger charge is 2.11. The minimum absolute atomic E-state index is 0.0653. The van der Waals surface area contributed by atoms with Crippen LogP contribution in [0.15, 0.2) is 14.3 Å². The molecule has 72 valence electrons. The molecule has 3 nitrogen and oxygen atoms in total. The second kappa shape index (κ2) is 4.97. The summed E-state index contributed by atoms with van der Waals surface area (Å²) in [7, 11) is 0. The Morgan fingerprint density at radius 1 is 1.92 bits per heavy atom. The van der Waals surface area contributed by atoms with Gasteiger partial charge in [0.25, 0.3) is 0 Å². The fourth-order valence-corrected chi connectivity index (χ4v) is 3.43. The zero-order valence-electron chi connectivity index (χ0n) is 6.86. The molecule has 1 N–H and O–H groups in total. The van der Waals surface area contributed by atoms with E-state index in [1.807, 2.05) is 12.3 Å². The van der Waals surface area contributed by atoms with Gasteiger partial charge in [0.05, 0.1) is 6.42 Å².